The van der Waals surface area contributed by atoms with Gasteiger partial charge in [0.2, 0.25) is 0 Å². The minimum Gasteiger partial charge on any atom is -0.478 e. The van der Waals surface area contributed by atoms with Crippen molar-refractivity contribution >= 4 is 49.4 Å². The summed E-state index contributed by atoms with van der Waals surface area (Å²) in [7, 11) is 0. The molecule has 1 aromatic carbocycles. The number of carboxylic acid groups (broad SMARTS) is 1. The molecule has 0 atom stereocenters. The van der Waals surface area contributed by atoms with Crippen molar-refractivity contribution in [2.75, 3.05) is 0 Å². The van der Waals surface area contributed by atoms with Crippen molar-refractivity contribution in [3.8, 4) is 0 Å². The molecule has 0 amide bonds. The first-order chi connectivity index (χ1) is 5.54. The third-order valence-electron chi connectivity index (χ3n) is 1.27. The van der Waals surface area contributed by atoms with E-state index in [4.69, 9.17) is 16.7 Å². The van der Waals surface area contributed by atoms with Crippen LogP contribution in [0.1, 0.15) is 10.4 Å². The highest BCUT2D eigenvalue weighted by atomic mass is 79.9. The molecule has 1 aromatic rings. The van der Waals surface area contributed by atoms with Crippen LogP contribution in [0.25, 0.3) is 0 Å². The largest absolute Gasteiger partial charge is 0.478 e. The molecule has 0 bridgehead atoms. The Kier molecular flexibility index (Phi) is 3.15. The zero-order chi connectivity index (χ0) is 9.30. The molecule has 0 saturated heterocycles. The molecule has 0 radical (unpaired) electrons. The van der Waals surface area contributed by atoms with Crippen molar-refractivity contribution in [1.29, 1.82) is 0 Å². The Bertz CT molecular complexity index is 338. The monoisotopic (exact) mass is 312 g/mol. The number of benzene rings is 1. The summed E-state index contributed by atoms with van der Waals surface area (Å²) < 4.78 is 1.06. The first-order valence-corrected chi connectivity index (χ1v) is 4.87. The zero-order valence-electron chi connectivity index (χ0n) is 5.64. The molecule has 1 rings (SSSR count). The lowest BCUT2D eigenvalue weighted by molar-refractivity contribution is 0.0696. The third-order valence-corrected chi connectivity index (χ3v) is 3.60. The van der Waals surface area contributed by atoms with Crippen LogP contribution < -0.4 is 0 Å². The SMILES string of the molecule is O=C(O)c1ccc(Br)c(Cl)c1Br. The van der Waals surface area contributed by atoms with E-state index < -0.39 is 5.97 Å². The summed E-state index contributed by atoms with van der Waals surface area (Å²) in [5, 5.41) is 9.05. The molecule has 0 aromatic heterocycles. The maximum absolute atomic E-state index is 10.6. The summed E-state index contributed by atoms with van der Waals surface area (Å²) in [4.78, 5) is 10.6. The second-order valence-electron chi connectivity index (χ2n) is 2.03. The minimum atomic E-state index is -1.00. The van der Waals surface area contributed by atoms with Crippen molar-refractivity contribution in [1.82, 2.24) is 0 Å². The molecular formula is C7H3Br2ClO2. The molecule has 0 aliphatic rings. The Morgan fingerprint density at radius 3 is 2.50 bits per heavy atom. The quantitative estimate of drug-likeness (QED) is 0.805. The van der Waals surface area contributed by atoms with Gasteiger partial charge >= 0.3 is 5.97 Å². The zero-order valence-corrected chi connectivity index (χ0v) is 9.57. The predicted octanol–water partition coefficient (Wildman–Crippen LogP) is 3.56. The van der Waals surface area contributed by atoms with Crippen molar-refractivity contribution in [2.45, 2.75) is 0 Å². The van der Waals surface area contributed by atoms with Gasteiger partial charge in [0.05, 0.1) is 15.1 Å². The lowest BCUT2D eigenvalue weighted by Gasteiger charge is -2.02. The van der Waals surface area contributed by atoms with E-state index in [1.54, 1.807) is 6.07 Å². The van der Waals surface area contributed by atoms with Gasteiger partial charge in [0.15, 0.2) is 0 Å². The molecular weight excluding hydrogens is 311 g/mol. The first-order valence-electron chi connectivity index (χ1n) is 2.91. The summed E-state index contributed by atoms with van der Waals surface area (Å²) >= 11 is 12.0. The average molecular weight is 314 g/mol. The van der Waals surface area contributed by atoms with Gasteiger partial charge in [0.25, 0.3) is 0 Å². The number of hydrogen-bond donors (Lipinski definition) is 1. The van der Waals surface area contributed by atoms with Crippen LogP contribution in [0, 0.1) is 0 Å². The summed E-state index contributed by atoms with van der Waals surface area (Å²) in [6.07, 6.45) is 0. The van der Waals surface area contributed by atoms with E-state index in [0.29, 0.717) is 14.0 Å². The molecule has 64 valence electrons. The van der Waals surface area contributed by atoms with Crippen LogP contribution in [0.3, 0.4) is 0 Å². The third kappa shape index (κ3) is 1.81. The average Bonchev–Trinajstić information content (AvgIpc) is 2.00. The van der Waals surface area contributed by atoms with E-state index in [2.05, 4.69) is 31.9 Å². The number of carboxylic acids is 1. The van der Waals surface area contributed by atoms with Gasteiger partial charge in [-0.3, -0.25) is 0 Å². The summed E-state index contributed by atoms with van der Waals surface area (Å²) in [6.45, 7) is 0. The smallest absolute Gasteiger partial charge is 0.336 e. The Hall–Kier alpha value is -0.0600. The van der Waals surface area contributed by atoms with Crippen molar-refractivity contribution in [2.24, 2.45) is 0 Å². The van der Waals surface area contributed by atoms with E-state index >= 15 is 0 Å². The fourth-order valence-electron chi connectivity index (χ4n) is 0.691. The number of hydrogen-bond acceptors (Lipinski definition) is 1. The normalized spacial score (nSPS) is 9.92. The van der Waals surface area contributed by atoms with E-state index in [1.165, 1.54) is 6.07 Å². The molecule has 1 N–H and O–H groups in total. The van der Waals surface area contributed by atoms with Gasteiger partial charge < -0.3 is 5.11 Å². The highest BCUT2D eigenvalue weighted by Gasteiger charge is 2.12. The lowest BCUT2D eigenvalue weighted by Crippen LogP contribution is -1.97. The maximum Gasteiger partial charge on any atom is 0.336 e. The molecule has 2 nitrogen and oxygen atoms in total. The van der Waals surface area contributed by atoms with Gasteiger partial charge in [-0.05, 0) is 44.0 Å². The summed E-state index contributed by atoms with van der Waals surface area (Å²) in [5.74, 6) is -1.00. The molecule has 0 saturated carbocycles. The van der Waals surface area contributed by atoms with Crippen LogP contribution in [0.2, 0.25) is 5.02 Å². The van der Waals surface area contributed by atoms with Gasteiger partial charge in [-0.25, -0.2) is 4.79 Å². The number of rotatable bonds is 1. The van der Waals surface area contributed by atoms with Gasteiger partial charge in [0, 0.05) is 4.47 Å². The maximum atomic E-state index is 10.6. The molecule has 0 unspecified atom stereocenters. The van der Waals surface area contributed by atoms with Gasteiger partial charge in [-0.15, -0.1) is 0 Å². The predicted molar refractivity (Wildman–Crippen MR) is 53.8 cm³/mol. The fraction of sp³-hybridized carbons (Fsp3) is 0. The molecule has 12 heavy (non-hydrogen) atoms. The molecule has 0 spiro atoms. The number of carbonyl (C=O) groups is 1. The van der Waals surface area contributed by atoms with Crippen LogP contribution in [0.15, 0.2) is 21.1 Å². The van der Waals surface area contributed by atoms with Crippen molar-refractivity contribution in [3.05, 3.63) is 31.7 Å². The van der Waals surface area contributed by atoms with Crippen molar-refractivity contribution < 1.29 is 9.90 Å². The molecule has 0 fully saturated rings. The Morgan fingerprint density at radius 2 is 2.00 bits per heavy atom. The summed E-state index contributed by atoms with van der Waals surface area (Å²) in [6, 6.07) is 3.07. The minimum absolute atomic E-state index is 0.156. The topological polar surface area (TPSA) is 37.3 Å². The van der Waals surface area contributed by atoms with Gasteiger partial charge in [0.1, 0.15) is 0 Å². The molecule has 5 heteroatoms. The first kappa shape index (κ1) is 10.0. The molecule has 0 heterocycles. The van der Waals surface area contributed by atoms with E-state index in [1.807, 2.05) is 0 Å². The highest BCUT2D eigenvalue weighted by molar-refractivity contribution is 9.11. The van der Waals surface area contributed by atoms with Crippen molar-refractivity contribution in [3.63, 3.8) is 0 Å². The lowest BCUT2D eigenvalue weighted by atomic mass is 10.2. The van der Waals surface area contributed by atoms with Crippen LogP contribution in [-0.2, 0) is 0 Å². The van der Waals surface area contributed by atoms with Gasteiger partial charge in [-0.2, -0.15) is 0 Å². The molecule has 0 aliphatic heterocycles. The van der Waals surface area contributed by atoms with Crippen LogP contribution in [0.5, 0.6) is 0 Å². The number of aromatic carboxylic acids is 1. The van der Waals surface area contributed by atoms with Crippen LogP contribution >= 0.6 is 43.5 Å². The number of halogens is 3. The van der Waals surface area contributed by atoms with E-state index in [-0.39, 0.29) is 5.56 Å². The fourth-order valence-corrected chi connectivity index (χ4v) is 1.97. The standard InChI is InChI=1S/C7H3Br2ClO2/c8-4-2-1-3(7(11)12)5(9)6(4)10/h1-2H,(H,11,12). The Labute approximate surface area is 90.8 Å². The summed E-state index contributed by atoms with van der Waals surface area (Å²) in [5.41, 5.74) is 0.156. The Balaban J connectivity index is 3.36. The van der Waals surface area contributed by atoms with Crippen LogP contribution in [-0.4, -0.2) is 11.1 Å². The van der Waals surface area contributed by atoms with Crippen LogP contribution in [0.4, 0.5) is 0 Å². The van der Waals surface area contributed by atoms with E-state index in [0.717, 1.165) is 0 Å². The molecule has 0 aliphatic carbocycles. The van der Waals surface area contributed by atoms with E-state index in [9.17, 15) is 4.79 Å². The highest BCUT2D eigenvalue weighted by Crippen LogP contribution is 2.32. The second kappa shape index (κ2) is 3.77. The second-order valence-corrected chi connectivity index (χ2v) is 4.05. The van der Waals surface area contributed by atoms with Gasteiger partial charge in [-0.1, -0.05) is 11.6 Å². The Morgan fingerprint density at radius 1 is 1.42 bits per heavy atom.